The molecule has 0 heterocycles. The lowest BCUT2D eigenvalue weighted by Gasteiger charge is -2.08. The van der Waals surface area contributed by atoms with E-state index in [1.807, 2.05) is 6.07 Å². The van der Waals surface area contributed by atoms with Gasteiger partial charge in [-0.1, -0.05) is 30.3 Å². The predicted molar refractivity (Wildman–Crippen MR) is 52.4 cm³/mol. The van der Waals surface area contributed by atoms with E-state index >= 15 is 0 Å². The Labute approximate surface area is 78.7 Å². The van der Waals surface area contributed by atoms with Gasteiger partial charge in [0, 0.05) is 5.56 Å². The van der Waals surface area contributed by atoms with Gasteiger partial charge in [0.15, 0.2) is 0 Å². The van der Waals surface area contributed by atoms with E-state index < -0.39 is 0 Å². The molecule has 0 unspecified atom stereocenters. The lowest BCUT2D eigenvalue weighted by molar-refractivity contribution is -0.689. The maximum Gasteiger partial charge on any atom is 0.109 e. The minimum atomic E-state index is 0.518. The van der Waals surface area contributed by atoms with Crippen molar-refractivity contribution < 1.29 is 5.32 Å². The van der Waals surface area contributed by atoms with E-state index in [0.29, 0.717) is 6.04 Å². The fourth-order valence-corrected chi connectivity index (χ4v) is 1.33. The van der Waals surface area contributed by atoms with Gasteiger partial charge in [-0.2, -0.15) is 0 Å². The summed E-state index contributed by atoms with van der Waals surface area (Å²) in [6.45, 7) is 3.18. The van der Waals surface area contributed by atoms with E-state index in [0.717, 1.165) is 12.4 Å². The first-order valence-electron chi connectivity index (χ1n) is 4.29. The molecule has 12 heavy (non-hydrogen) atoms. The molecule has 0 aliphatic rings. The molecule has 0 aliphatic carbocycles. The molecule has 2 N–H and O–H groups in total. The van der Waals surface area contributed by atoms with Gasteiger partial charge in [-0.15, -0.1) is 11.6 Å². The number of benzene rings is 1. The molecule has 0 fully saturated rings. The highest BCUT2D eigenvalue weighted by Gasteiger charge is 2.05. The maximum atomic E-state index is 5.60. The van der Waals surface area contributed by atoms with Crippen molar-refractivity contribution in [3.8, 4) is 0 Å². The Morgan fingerprint density at radius 1 is 1.33 bits per heavy atom. The first kappa shape index (κ1) is 9.56. The first-order chi connectivity index (χ1) is 5.84. The Bertz CT molecular complexity index is 210. The third-order valence-corrected chi connectivity index (χ3v) is 2.17. The average Bonchev–Trinajstić information content (AvgIpc) is 2.15. The second-order valence-corrected chi connectivity index (χ2v) is 3.29. The number of rotatable bonds is 4. The zero-order valence-electron chi connectivity index (χ0n) is 7.33. The molecule has 0 saturated heterocycles. The van der Waals surface area contributed by atoms with Gasteiger partial charge in [0.05, 0.1) is 12.4 Å². The van der Waals surface area contributed by atoms with Crippen LogP contribution < -0.4 is 5.32 Å². The summed E-state index contributed by atoms with van der Waals surface area (Å²) in [6, 6.07) is 11.0. The Kier molecular flexibility index (Phi) is 4.12. The summed E-state index contributed by atoms with van der Waals surface area (Å²) in [5, 5.41) is 2.25. The molecule has 1 nitrogen and oxygen atoms in total. The molecule has 0 bridgehead atoms. The maximum absolute atomic E-state index is 5.60. The number of halogens is 1. The van der Waals surface area contributed by atoms with Crippen LogP contribution in [0.1, 0.15) is 18.5 Å². The van der Waals surface area contributed by atoms with Gasteiger partial charge < -0.3 is 5.32 Å². The molecule has 1 aromatic rings. The SMILES string of the molecule is C[C@H]([NH2+]CCCl)c1ccccc1. The van der Waals surface area contributed by atoms with Crippen LogP contribution in [-0.4, -0.2) is 12.4 Å². The molecule has 66 valence electrons. The highest BCUT2D eigenvalue weighted by atomic mass is 35.5. The first-order valence-corrected chi connectivity index (χ1v) is 4.82. The van der Waals surface area contributed by atoms with Crippen molar-refractivity contribution in [3.63, 3.8) is 0 Å². The van der Waals surface area contributed by atoms with Gasteiger partial charge in [0.2, 0.25) is 0 Å². The number of quaternary nitrogens is 1. The van der Waals surface area contributed by atoms with Crippen molar-refractivity contribution in [1.82, 2.24) is 0 Å². The Balaban J connectivity index is 2.48. The molecule has 1 atom stereocenters. The fourth-order valence-electron chi connectivity index (χ4n) is 1.21. The predicted octanol–water partition coefficient (Wildman–Crippen LogP) is 1.55. The number of hydrogen-bond acceptors (Lipinski definition) is 0. The highest BCUT2D eigenvalue weighted by molar-refractivity contribution is 6.17. The van der Waals surface area contributed by atoms with Gasteiger partial charge in [-0.05, 0) is 6.92 Å². The summed E-state index contributed by atoms with van der Waals surface area (Å²) < 4.78 is 0. The molecule has 0 radical (unpaired) electrons. The van der Waals surface area contributed by atoms with Crippen molar-refractivity contribution >= 4 is 11.6 Å². The third kappa shape index (κ3) is 2.84. The molecule has 0 aromatic heterocycles. The Morgan fingerprint density at radius 3 is 2.58 bits per heavy atom. The van der Waals surface area contributed by atoms with Crippen molar-refractivity contribution in [1.29, 1.82) is 0 Å². The van der Waals surface area contributed by atoms with Crippen LogP contribution >= 0.6 is 11.6 Å². The molecule has 0 aliphatic heterocycles. The molecule has 2 heteroatoms. The van der Waals surface area contributed by atoms with Crippen LogP contribution in [0.4, 0.5) is 0 Å². The van der Waals surface area contributed by atoms with Gasteiger partial charge in [0.1, 0.15) is 6.04 Å². The quantitative estimate of drug-likeness (QED) is 0.684. The number of nitrogens with two attached hydrogens (primary N) is 1. The summed E-state index contributed by atoms with van der Waals surface area (Å²) in [4.78, 5) is 0. The summed E-state index contributed by atoms with van der Waals surface area (Å²) >= 11 is 5.60. The average molecular weight is 185 g/mol. The van der Waals surface area contributed by atoms with E-state index in [9.17, 15) is 0 Å². The van der Waals surface area contributed by atoms with Crippen LogP contribution in [0.15, 0.2) is 30.3 Å². The second kappa shape index (κ2) is 5.18. The normalized spacial score (nSPS) is 12.8. The standard InChI is InChI=1S/C10H14ClN/c1-9(12-8-7-11)10-5-3-2-4-6-10/h2-6,9,12H,7-8H2,1H3/p+1/t9-/m0/s1. The van der Waals surface area contributed by atoms with E-state index in [4.69, 9.17) is 11.6 Å². The minimum absolute atomic E-state index is 0.518. The summed E-state index contributed by atoms with van der Waals surface area (Å²) in [5.74, 6) is 0.719. The van der Waals surface area contributed by atoms with Crippen LogP contribution in [0.3, 0.4) is 0 Å². The molecule has 1 rings (SSSR count). The zero-order chi connectivity index (χ0) is 8.81. The van der Waals surface area contributed by atoms with E-state index in [1.165, 1.54) is 5.56 Å². The van der Waals surface area contributed by atoms with Gasteiger partial charge in [-0.3, -0.25) is 0 Å². The Morgan fingerprint density at radius 2 is 2.00 bits per heavy atom. The summed E-state index contributed by atoms with van der Waals surface area (Å²) in [6.07, 6.45) is 0. The molecular weight excluding hydrogens is 170 g/mol. The topological polar surface area (TPSA) is 16.6 Å². The van der Waals surface area contributed by atoms with Gasteiger partial charge in [0.25, 0.3) is 0 Å². The van der Waals surface area contributed by atoms with Crippen LogP contribution in [0, 0.1) is 0 Å². The highest BCUT2D eigenvalue weighted by Crippen LogP contribution is 2.05. The smallest absolute Gasteiger partial charge is 0.109 e. The Hall–Kier alpha value is -0.530. The van der Waals surface area contributed by atoms with Crippen molar-refractivity contribution in [2.45, 2.75) is 13.0 Å². The third-order valence-electron chi connectivity index (χ3n) is 1.95. The van der Waals surface area contributed by atoms with E-state index in [-0.39, 0.29) is 0 Å². The van der Waals surface area contributed by atoms with Gasteiger partial charge in [-0.25, -0.2) is 0 Å². The largest absolute Gasteiger partial charge is 0.339 e. The van der Waals surface area contributed by atoms with Gasteiger partial charge >= 0.3 is 0 Å². The van der Waals surface area contributed by atoms with E-state index in [1.54, 1.807) is 0 Å². The molecule has 0 amide bonds. The van der Waals surface area contributed by atoms with Crippen LogP contribution in [0.2, 0.25) is 0 Å². The summed E-state index contributed by atoms with van der Waals surface area (Å²) in [7, 11) is 0. The molecule has 1 aromatic carbocycles. The zero-order valence-corrected chi connectivity index (χ0v) is 8.09. The van der Waals surface area contributed by atoms with Crippen LogP contribution in [0.5, 0.6) is 0 Å². The molecular formula is C10H15ClN+. The minimum Gasteiger partial charge on any atom is -0.339 e. The fraction of sp³-hybridized carbons (Fsp3) is 0.400. The second-order valence-electron chi connectivity index (χ2n) is 2.91. The summed E-state index contributed by atoms with van der Waals surface area (Å²) in [5.41, 5.74) is 1.36. The number of hydrogen-bond donors (Lipinski definition) is 1. The van der Waals surface area contributed by atoms with E-state index in [2.05, 4.69) is 36.5 Å². The van der Waals surface area contributed by atoms with Crippen molar-refractivity contribution in [3.05, 3.63) is 35.9 Å². The number of alkyl halides is 1. The molecule has 0 spiro atoms. The van der Waals surface area contributed by atoms with Crippen LogP contribution in [-0.2, 0) is 0 Å². The van der Waals surface area contributed by atoms with Crippen LogP contribution in [0.25, 0.3) is 0 Å². The van der Waals surface area contributed by atoms with Crippen molar-refractivity contribution in [2.75, 3.05) is 12.4 Å². The monoisotopic (exact) mass is 184 g/mol. The lowest BCUT2D eigenvalue weighted by atomic mass is 10.1. The van der Waals surface area contributed by atoms with Crippen molar-refractivity contribution in [2.24, 2.45) is 0 Å². The lowest BCUT2D eigenvalue weighted by Crippen LogP contribution is -2.85. The molecule has 0 saturated carbocycles.